The maximum Gasteiger partial charge on any atom is 0.261 e. The molecule has 0 unspecified atom stereocenters. The first kappa shape index (κ1) is 23.0. The lowest BCUT2D eigenvalue weighted by Crippen LogP contribution is -2.29. The summed E-state index contributed by atoms with van der Waals surface area (Å²) in [6.07, 6.45) is 5.19. The quantitative estimate of drug-likeness (QED) is 0.315. The smallest absolute Gasteiger partial charge is 0.261 e. The van der Waals surface area contributed by atoms with Gasteiger partial charge in [-0.3, -0.25) is 4.72 Å². The zero-order valence-corrected chi connectivity index (χ0v) is 22.0. The highest BCUT2D eigenvalue weighted by molar-refractivity contribution is 9.10. The normalized spacial score (nSPS) is 21.9. The van der Waals surface area contributed by atoms with E-state index in [0.717, 1.165) is 39.2 Å². The molecule has 2 heterocycles. The van der Waals surface area contributed by atoms with Crippen molar-refractivity contribution in [1.29, 1.82) is 0 Å². The molecule has 180 valence electrons. The third kappa shape index (κ3) is 3.96. The number of ether oxygens (including phenoxy) is 2. The molecular weight excluding hydrogens is 575 g/mol. The Labute approximate surface area is 221 Å². The fourth-order valence-corrected chi connectivity index (χ4v) is 7.08. The van der Waals surface area contributed by atoms with Gasteiger partial charge in [0.2, 0.25) is 6.79 Å². The number of hydrogen-bond acceptors (Lipinski definition) is 5. The first-order chi connectivity index (χ1) is 16.8. The minimum absolute atomic E-state index is 0.0113. The molecule has 0 spiro atoms. The highest BCUT2D eigenvalue weighted by Crippen LogP contribution is 2.52. The van der Waals surface area contributed by atoms with E-state index < -0.39 is 10.0 Å². The summed E-state index contributed by atoms with van der Waals surface area (Å²) in [4.78, 5) is 0.163. The second-order valence-corrected chi connectivity index (χ2v) is 12.0. The molecule has 0 amide bonds. The number of hydrogen-bond donors (Lipinski definition) is 2. The molecule has 1 aliphatic carbocycles. The molecular formula is C25H19BrCl2N2O4S. The van der Waals surface area contributed by atoms with Gasteiger partial charge in [-0.1, -0.05) is 57.4 Å². The second-order valence-electron chi connectivity index (χ2n) is 8.66. The van der Waals surface area contributed by atoms with Crippen molar-refractivity contribution in [2.24, 2.45) is 5.92 Å². The van der Waals surface area contributed by atoms with Crippen molar-refractivity contribution in [2.75, 3.05) is 16.8 Å². The van der Waals surface area contributed by atoms with Crippen LogP contribution in [-0.2, 0) is 10.0 Å². The first-order valence-corrected chi connectivity index (χ1v) is 14.0. The van der Waals surface area contributed by atoms with Crippen molar-refractivity contribution < 1.29 is 17.9 Å². The lowest BCUT2D eigenvalue weighted by molar-refractivity contribution is 0.174. The summed E-state index contributed by atoms with van der Waals surface area (Å²) < 4.78 is 41.0. The average Bonchev–Trinajstić information content (AvgIpc) is 3.50. The van der Waals surface area contributed by atoms with Crippen molar-refractivity contribution in [3.63, 3.8) is 0 Å². The predicted molar refractivity (Wildman–Crippen MR) is 140 cm³/mol. The number of nitrogens with one attached hydrogen (secondary N) is 2. The van der Waals surface area contributed by atoms with E-state index in [4.69, 9.17) is 32.7 Å². The van der Waals surface area contributed by atoms with Gasteiger partial charge in [0.1, 0.15) is 0 Å². The molecule has 6 rings (SSSR count). The van der Waals surface area contributed by atoms with Crippen LogP contribution in [0.4, 0.5) is 11.4 Å². The molecule has 3 aromatic rings. The van der Waals surface area contributed by atoms with Crippen molar-refractivity contribution >= 4 is 60.5 Å². The minimum Gasteiger partial charge on any atom is -0.454 e. The van der Waals surface area contributed by atoms with Gasteiger partial charge in [0.15, 0.2) is 11.5 Å². The summed E-state index contributed by atoms with van der Waals surface area (Å²) in [6.45, 7) is 0.214. The van der Waals surface area contributed by atoms with Crippen molar-refractivity contribution in [2.45, 2.75) is 23.3 Å². The highest BCUT2D eigenvalue weighted by atomic mass is 79.9. The van der Waals surface area contributed by atoms with Crippen LogP contribution in [0.25, 0.3) is 0 Å². The minimum atomic E-state index is -3.88. The number of allylic oxidation sites excluding steroid dienone is 2. The van der Waals surface area contributed by atoms with Crippen molar-refractivity contribution in [1.82, 2.24) is 0 Å². The van der Waals surface area contributed by atoms with Crippen LogP contribution in [0.15, 0.2) is 70.1 Å². The molecule has 10 heteroatoms. The SMILES string of the molecule is O=S(=O)(Nc1cccc(Cl)c1Cl)c1ccc2c(c1)[C@H]1C=CC[C@H]1[C@@H](c1cc3c(cc1Br)OCO3)N2. The Bertz CT molecular complexity index is 1500. The first-order valence-electron chi connectivity index (χ1n) is 10.9. The number of fused-ring (bicyclic) bond motifs is 4. The lowest BCUT2D eigenvalue weighted by Gasteiger charge is -2.38. The summed E-state index contributed by atoms with van der Waals surface area (Å²) in [7, 11) is -3.88. The lowest BCUT2D eigenvalue weighted by atomic mass is 9.77. The molecule has 0 aromatic heterocycles. The summed E-state index contributed by atoms with van der Waals surface area (Å²) in [5.41, 5.74) is 3.15. The summed E-state index contributed by atoms with van der Waals surface area (Å²) >= 11 is 15.9. The van der Waals surface area contributed by atoms with E-state index in [1.54, 1.807) is 30.3 Å². The fourth-order valence-electron chi connectivity index (χ4n) is 5.01. The maximum absolute atomic E-state index is 13.2. The van der Waals surface area contributed by atoms with Gasteiger partial charge in [0.05, 0.1) is 26.7 Å². The van der Waals surface area contributed by atoms with Crippen LogP contribution in [0.3, 0.4) is 0 Å². The Kier molecular flexibility index (Phi) is 5.67. The summed E-state index contributed by atoms with van der Waals surface area (Å²) in [5, 5.41) is 4.08. The van der Waals surface area contributed by atoms with Gasteiger partial charge in [0, 0.05) is 16.1 Å². The van der Waals surface area contributed by atoms with E-state index in [-0.39, 0.29) is 45.3 Å². The third-order valence-electron chi connectivity index (χ3n) is 6.67. The Morgan fingerprint density at radius 2 is 1.83 bits per heavy atom. The predicted octanol–water partition coefficient (Wildman–Crippen LogP) is 7.11. The number of halogens is 3. The van der Waals surface area contributed by atoms with Gasteiger partial charge in [-0.25, -0.2) is 8.42 Å². The number of sulfonamides is 1. The van der Waals surface area contributed by atoms with E-state index in [0.29, 0.717) is 0 Å². The molecule has 0 saturated heterocycles. The van der Waals surface area contributed by atoms with E-state index in [1.807, 2.05) is 18.2 Å². The topological polar surface area (TPSA) is 76.7 Å². The monoisotopic (exact) mass is 592 g/mol. The van der Waals surface area contributed by atoms with Crippen LogP contribution in [0.1, 0.15) is 29.5 Å². The van der Waals surface area contributed by atoms with Gasteiger partial charge in [-0.2, -0.15) is 0 Å². The van der Waals surface area contributed by atoms with Crippen LogP contribution in [0, 0.1) is 5.92 Å². The van der Waals surface area contributed by atoms with Crippen molar-refractivity contribution in [3.8, 4) is 11.5 Å². The molecule has 6 nitrogen and oxygen atoms in total. The van der Waals surface area contributed by atoms with Crippen LogP contribution in [0.5, 0.6) is 11.5 Å². The third-order valence-corrected chi connectivity index (χ3v) is 9.54. The Balaban J connectivity index is 1.36. The number of benzene rings is 3. The van der Waals surface area contributed by atoms with E-state index in [1.165, 1.54) is 0 Å². The van der Waals surface area contributed by atoms with E-state index in [2.05, 4.69) is 38.1 Å². The molecule has 3 aliphatic rings. The molecule has 3 aromatic carbocycles. The molecule has 0 bridgehead atoms. The fraction of sp³-hybridized carbons (Fsp3) is 0.200. The van der Waals surface area contributed by atoms with Crippen LogP contribution >= 0.6 is 39.1 Å². The zero-order valence-electron chi connectivity index (χ0n) is 18.1. The van der Waals surface area contributed by atoms with E-state index >= 15 is 0 Å². The van der Waals surface area contributed by atoms with Gasteiger partial charge >= 0.3 is 0 Å². The molecule has 2 N–H and O–H groups in total. The maximum atomic E-state index is 13.2. The molecule has 0 fully saturated rings. The number of anilines is 2. The Morgan fingerprint density at radius 3 is 2.66 bits per heavy atom. The molecule has 0 radical (unpaired) electrons. The largest absolute Gasteiger partial charge is 0.454 e. The number of rotatable bonds is 4. The highest BCUT2D eigenvalue weighted by Gasteiger charge is 2.39. The Morgan fingerprint density at radius 1 is 1.03 bits per heavy atom. The Hall–Kier alpha value is -2.39. The van der Waals surface area contributed by atoms with Gasteiger partial charge < -0.3 is 14.8 Å². The standard InChI is InChI=1S/C25H19BrCl2N2O4S/c26-18-11-23-22(33-12-34-23)10-17(18)25-15-4-1-3-14(15)16-9-13(7-8-20(16)29-25)35(31,32)30-21-6-2-5-19(27)24(21)28/h1-3,5-11,14-15,25,29-30H,4,12H2/t14-,15+,25-/m0/s1. The molecule has 2 aliphatic heterocycles. The van der Waals surface area contributed by atoms with Gasteiger partial charge in [-0.05, 0) is 65.9 Å². The summed E-state index contributed by atoms with van der Waals surface area (Å²) in [6, 6.07) is 13.9. The molecule has 0 saturated carbocycles. The molecule has 35 heavy (non-hydrogen) atoms. The zero-order chi connectivity index (χ0) is 24.3. The van der Waals surface area contributed by atoms with Crippen LogP contribution in [0.2, 0.25) is 10.0 Å². The second kappa shape index (κ2) is 8.62. The average molecular weight is 594 g/mol. The van der Waals surface area contributed by atoms with Crippen molar-refractivity contribution in [3.05, 3.63) is 86.3 Å². The van der Waals surface area contributed by atoms with Gasteiger partial charge in [-0.15, -0.1) is 0 Å². The van der Waals surface area contributed by atoms with Gasteiger partial charge in [0.25, 0.3) is 10.0 Å². The molecule has 3 atom stereocenters. The van der Waals surface area contributed by atoms with Crippen LogP contribution in [-0.4, -0.2) is 15.2 Å². The summed E-state index contributed by atoms with van der Waals surface area (Å²) in [5.74, 6) is 1.73. The van der Waals surface area contributed by atoms with E-state index in [9.17, 15) is 8.42 Å². The van der Waals surface area contributed by atoms with Crippen LogP contribution < -0.4 is 19.5 Å².